The van der Waals surface area contributed by atoms with E-state index < -0.39 is 33.0 Å². The maximum atomic E-state index is 12.2. The Morgan fingerprint density at radius 2 is 1.71 bits per heavy atom. The number of nitrogens with one attached hydrogen (secondary N) is 2. The molecule has 1 rings (SSSR count). The lowest BCUT2D eigenvalue weighted by Crippen LogP contribution is -2.45. The zero-order valence-corrected chi connectivity index (χ0v) is 12.3. The molecular formula is C13H16N2O5S. The molecule has 0 radical (unpaired) electrons. The monoisotopic (exact) mass is 312 g/mol. The molecule has 2 unspecified atom stereocenters. The number of hydrogen-bond acceptors (Lipinski definition) is 5. The summed E-state index contributed by atoms with van der Waals surface area (Å²) in [6.45, 7) is 2.15. The topological polar surface area (TPSA) is 124 Å². The summed E-state index contributed by atoms with van der Waals surface area (Å²) in [6.07, 6.45) is 0. The number of anilines is 1. The third-order valence-electron chi connectivity index (χ3n) is 2.81. The summed E-state index contributed by atoms with van der Waals surface area (Å²) in [5, 5.41) is 8.00. The van der Waals surface area contributed by atoms with Gasteiger partial charge in [-0.25, -0.2) is 0 Å². The molecule has 1 amide bonds. The zero-order chi connectivity index (χ0) is 16.2. The molecule has 0 aliphatic carbocycles. The van der Waals surface area contributed by atoms with Crippen molar-refractivity contribution in [3.8, 4) is 0 Å². The van der Waals surface area contributed by atoms with Crippen LogP contribution in [0.4, 0.5) is 5.69 Å². The van der Waals surface area contributed by atoms with Crippen molar-refractivity contribution in [3.05, 3.63) is 30.3 Å². The van der Waals surface area contributed by atoms with Gasteiger partial charge in [0.2, 0.25) is 5.91 Å². The molecule has 114 valence electrons. The van der Waals surface area contributed by atoms with Crippen LogP contribution in [0.15, 0.2) is 30.3 Å². The second-order valence-corrected chi connectivity index (χ2v) is 6.10. The first kappa shape index (κ1) is 17.0. The van der Waals surface area contributed by atoms with Crippen molar-refractivity contribution in [1.29, 1.82) is 5.41 Å². The second kappa shape index (κ2) is 6.59. The number of rotatable bonds is 6. The van der Waals surface area contributed by atoms with E-state index in [1.54, 1.807) is 30.3 Å². The first-order valence-corrected chi connectivity index (χ1v) is 7.52. The molecule has 1 aromatic carbocycles. The minimum Gasteiger partial charge on any atom is -0.325 e. The van der Waals surface area contributed by atoms with Crippen molar-refractivity contribution in [1.82, 2.24) is 0 Å². The molecule has 0 saturated carbocycles. The lowest BCUT2D eigenvalue weighted by Gasteiger charge is -2.21. The van der Waals surface area contributed by atoms with E-state index in [0.29, 0.717) is 5.69 Å². The number of benzene rings is 1. The van der Waals surface area contributed by atoms with Gasteiger partial charge in [-0.15, -0.1) is 0 Å². The van der Waals surface area contributed by atoms with E-state index in [4.69, 9.17) is 9.96 Å². The van der Waals surface area contributed by atoms with Crippen LogP contribution in [-0.2, 0) is 19.7 Å². The molecule has 0 saturated heterocycles. The standard InChI is InChI=1S/C13H16N2O5S/c1-8(14)11(12(9(2)16)21(18,19)20)13(17)15-10-6-4-3-5-7-10/h3-7,11-12,14H,1-2H3,(H,15,17)(H,18,19,20). The molecule has 1 aromatic rings. The summed E-state index contributed by atoms with van der Waals surface area (Å²) in [7, 11) is -4.80. The van der Waals surface area contributed by atoms with Gasteiger partial charge in [-0.3, -0.25) is 14.1 Å². The summed E-state index contributed by atoms with van der Waals surface area (Å²) in [5.41, 5.74) is 0.0626. The Morgan fingerprint density at radius 1 is 1.19 bits per heavy atom. The number of ketones is 1. The van der Waals surface area contributed by atoms with Crippen LogP contribution in [0.25, 0.3) is 0 Å². The van der Waals surface area contributed by atoms with E-state index in [-0.39, 0.29) is 5.71 Å². The van der Waals surface area contributed by atoms with Crippen molar-refractivity contribution >= 4 is 33.2 Å². The molecule has 0 bridgehead atoms. The predicted octanol–water partition coefficient (Wildman–Crippen LogP) is 1.13. The Bertz CT molecular complexity index is 654. The van der Waals surface area contributed by atoms with Crippen LogP contribution in [0.1, 0.15) is 13.8 Å². The van der Waals surface area contributed by atoms with Crippen LogP contribution in [-0.4, -0.2) is 35.6 Å². The fourth-order valence-electron chi connectivity index (χ4n) is 1.92. The number of Topliss-reactive ketones (excluding diaryl/α,β-unsaturated/α-hetero) is 1. The number of carbonyl (C=O) groups excluding carboxylic acids is 2. The van der Waals surface area contributed by atoms with Crippen LogP contribution in [0.3, 0.4) is 0 Å². The molecular weight excluding hydrogens is 296 g/mol. The van der Waals surface area contributed by atoms with Crippen LogP contribution in [0.5, 0.6) is 0 Å². The Balaban J connectivity index is 3.14. The highest BCUT2D eigenvalue weighted by Gasteiger charge is 2.42. The SMILES string of the molecule is CC(=N)C(C(=O)Nc1ccccc1)C(C(C)=O)S(=O)(=O)O. The van der Waals surface area contributed by atoms with Gasteiger partial charge in [0.15, 0.2) is 11.0 Å². The van der Waals surface area contributed by atoms with E-state index >= 15 is 0 Å². The highest BCUT2D eigenvalue weighted by Crippen LogP contribution is 2.18. The minimum atomic E-state index is -4.80. The molecule has 0 aliphatic rings. The Morgan fingerprint density at radius 3 is 2.10 bits per heavy atom. The third kappa shape index (κ3) is 4.47. The molecule has 8 heteroatoms. The summed E-state index contributed by atoms with van der Waals surface area (Å²) in [4.78, 5) is 23.6. The van der Waals surface area contributed by atoms with Gasteiger partial charge in [0.05, 0.1) is 0 Å². The normalized spacial score (nSPS) is 14.0. The Labute approximate surface area is 122 Å². The Hall–Kier alpha value is -2.06. The lowest BCUT2D eigenvalue weighted by atomic mass is 9.96. The zero-order valence-electron chi connectivity index (χ0n) is 11.5. The van der Waals surface area contributed by atoms with Crippen molar-refractivity contribution in [2.24, 2.45) is 5.92 Å². The molecule has 21 heavy (non-hydrogen) atoms. The molecule has 2 atom stereocenters. The number of carbonyl (C=O) groups is 2. The smallest absolute Gasteiger partial charge is 0.276 e. The molecule has 7 nitrogen and oxygen atoms in total. The van der Waals surface area contributed by atoms with Crippen LogP contribution >= 0.6 is 0 Å². The lowest BCUT2D eigenvalue weighted by molar-refractivity contribution is -0.123. The molecule has 3 N–H and O–H groups in total. The van der Waals surface area contributed by atoms with Gasteiger partial charge < -0.3 is 10.7 Å². The van der Waals surface area contributed by atoms with Gasteiger partial charge in [0, 0.05) is 11.4 Å². The highest BCUT2D eigenvalue weighted by atomic mass is 32.2. The van der Waals surface area contributed by atoms with Gasteiger partial charge >= 0.3 is 0 Å². The van der Waals surface area contributed by atoms with Crippen molar-refractivity contribution in [2.75, 3.05) is 5.32 Å². The van der Waals surface area contributed by atoms with Gasteiger partial charge in [0.1, 0.15) is 5.92 Å². The number of hydrogen-bond donors (Lipinski definition) is 3. The summed E-state index contributed by atoms with van der Waals surface area (Å²) >= 11 is 0. The largest absolute Gasteiger partial charge is 0.325 e. The molecule has 0 spiro atoms. The van der Waals surface area contributed by atoms with Crippen LogP contribution in [0.2, 0.25) is 0 Å². The maximum Gasteiger partial charge on any atom is 0.276 e. The van der Waals surface area contributed by atoms with Crippen molar-refractivity contribution < 1.29 is 22.6 Å². The first-order chi connectivity index (χ1) is 9.64. The fourth-order valence-corrected chi connectivity index (χ4v) is 3.01. The molecule has 0 heterocycles. The van der Waals surface area contributed by atoms with E-state index in [1.165, 1.54) is 6.92 Å². The summed E-state index contributed by atoms with van der Waals surface area (Å²) < 4.78 is 31.8. The molecule has 0 fully saturated rings. The highest BCUT2D eigenvalue weighted by molar-refractivity contribution is 7.87. The van der Waals surface area contributed by atoms with E-state index in [1.807, 2.05) is 0 Å². The van der Waals surface area contributed by atoms with E-state index in [2.05, 4.69) is 5.32 Å². The predicted molar refractivity (Wildman–Crippen MR) is 78.0 cm³/mol. The van der Waals surface area contributed by atoms with Gasteiger partial charge in [-0.05, 0) is 26.0 Å². The quantitative estimate of drug-likeness (QED) is 0.536. The second-order valence-electron chi connectivity index (χ2n) is 4.56. The van der Waals surface area contributed by atoms with Crippen molar-refractivity contribution in [3.63, 3.8) is 0 Å². The average molecular weight is 312 g/mol. The number of para-hydroxylation sites is 1. The molecule has 0 aromatic heterocycles. The van der Waals surface area contributed by atoms with Crippen molar-refractivity contribution in [2.45, 2.75) is 19.1 Å². The van der Waals surface area contributed by atoms with Crippen LogP contribution < -0.4 is 5.32 Å². The van der Waals surface area contributed by atoms with Gasteiger partial charge in [0.25, 0.3) is 10.1 Å². The average Bonchev–Trinajstić information content (AvgIpc) is 2.34. The molecule has 0 aliphatic heterocycles. The fraction of sp³-hybridized carbons (Fsp3) is 0.308. The third-order valence-corrected chi connectivity index (χ3v) is 4.06. The van der Waals surface area contributed by atoms with E-state index in [0.717, 1.165) is 6.92 Å². The Kier molecular flexibility index (Phi) is 5.34. The summed E-state index contributed by atoms with van der Waals surface area (Å²) in [5.74, 6) is -3.33. The number of amides is 1. The summed E-state index contributed by atoms with van der Waals surface area (Å²) in [6, 6.07) is 8.20. The van der Waals surface area contributed by atoms with Gasteiger partial charge in [-0.2, -0.15) is 8.42 Å². The van der Waals surface area contributed by atoms with E-state index in [9.17, 15) is 18.0 Å². The van der Waals surface area contributed by atoms with Crippen LogP contribution in [0, 0.1) is 11.3 Å². The minimum absolute atomic E-state index is 0.332. The maximum absolute atomic E-state index is 12.2. The van der Waals surface area contributed by atoms with Gasteiger partial charge in [-0.1, -0.05) is 18.2 Å². The first-order valence-electron chi connectivity index (χ1n) is 6.02.